The molecule has 1 amide bonds. The number of hydrogen-bond donors (Lipinski definition) is 1. The van der Waals surface area contributed by atoms with E-state index in [0.717, 1.165) is 16.6 Å². The van der Waals surface area contributed by atoms with Crippen LogP contribution in [0.3, 0.4) is 0 Å². The SMILES string of the molecule is C[C@@H]1C[C@@H]1C(=O)Nc1ccc(Br)cc1. The number of halogens is 1. The molecular formula is C11H12BrNO. The molecule has 0 aliphatic heterocycles. The number of carbonyl (C=O) groups is 1. The highest BCUT2D eigenvalue weighted by atomic mass is 79.9. The molecule has 2 rings (SSSR count). The van der Waals surface area contributed by atoms with Gasteiger partial charge < -0.3 is 5.32 Å². The average Bonchev–Trinajstić information content (AvgIpc) is 2.87. The number of benzene rings is 1. The van der Waals surface area contributed by atoms with Gasteiger partial charge in [0.25, 0.3) is 0 Å². The summed E-state index contributed by atoms with van der Waals surface area (Å²) in [5.74, 6) is 0.948. The van der Waals surface area contributed by atoms with Crippen LogP contribution in [0.25, 0.3) is 0 Å². The summed E-state index contributed by atoms with van der Waals surface area (Å²) >= 11 is 3.35. The summed E-state index contributed by atoms with van der Waals surface area (Å²) in [6, 6.07) is 7.64. The summed E-state index contributed by atoms with van der Waals surface area (Å²) in [7, 11) is 0. The molecule has 0 bridgehead atoms. The molecule has 1 fully saturated rings. The van der Waals surface area contributed by atoms with Crippen LogP contribution in [0.5, 0.6) is 0 Å². The highest BCUT2D eigenvalue weighted by Crippen LogP contribution is 2.38. The van der Waals surface area contributed by atoms with Crippen molar-refractivity contribution in [2.75, 3.05) is 5.32 Å². The zero-order valence-corrected chi connectivity index (χ0v) is 9.54. The standard InChI is InChI=1S/C11H12BrNO/c1-7-6-10(7)11(14)13-9-4-2-8(12)3-5-9/h2-5,7,10H,6H2,1H3,(H,13,14)/t7-,10+/m1/s1. The van der Waals surface area contributed by atoms with Crippen molar-refractivity contribution in [1.82, 2.24) is 0 Å². The second-order valence-electron chi connectivity index (χ2n) is 3.82. The van der Waals surface area contributed by atoms with Crippen LogP contribution in [0.1, 0.15) is 13.3 Å². The van der Waals surface area contributed by atoms with E-state index in [1.807, 2.05) is 24.3 Å². The van der Waals surface area contributed by atoms with Gasteiger partial charge in [-0.2, -0.15) is 0 Å². The third-order valence-electron chi connectivity index (χ3n) is 2.56. The van der Waals surface area contributed by atoms with Crippen molar-refractivity contribution in [3.05, 3.63) is 28.7 Å². The van der Waals surface area contributed by atoms with Crippen LogP contribution in [0, 0.1) is 11.8 Å². The van der Waals surface area contributed by atoms with Crippen molar-refractivity contribution < 1.29 is 4.79 Å². The molecule has 0 radical (unpaired) electrons. The minimum Gasteiger partial charge on any atom is -0.326 e. The molecule has 0 saturated heterocycles. The molecule has 2 atom stereocenters. The van der Waals surface area contributed by atoms with Gasteiger partial charge in [0.05, 0.1) is 0 Å². The molecular weight excluding hydrogens is 242 g/mol. The molecule has 1 saturated carbocycles. The van der Waals surface area contributed by atoms with E-state index in [2.05, 4.69) is 28.2 Å². The van der Waals surface area contributed by atoms with Crippen molar-refractivity contribution in [1.29, 1.82) is 0 Å². The van der Waals surface area contributed by atoms with Gasteiger partial charge in [0.1, 0.15) is 0 Å². The van der Waals surface area contributed by atoms with Crippen LogP contribution in [0.4, 0.5) is 5.69 Å². The molecule has 1 aliphatic rings. The van der Waals surface area contributed by atoms with Crippen LogP contribution in [-0.2, 0) is 4.79 Å². The number of rotatable bonds is 2. The molecule has 0 spiro atoms. The smallest absolute Gasteiger partial charge is 0.227 e. The normalized spacial score (nSPS) is 24.4. The first-order valence-corrected chi connectivity index (χ1v) is 5.52. The number of hydrogen-bond acceptors (Lipinski definition) is 1. The first-order chi connectivity index (χ1) is 6.66. The average molecular weight is 254 g/mol. The first kappa shape index (κ1) is 9.71. The van der Waals surface area contributed by atoms with E-state index in [1.54, 1.807) is 0 Å². The van der Waals surface area contributed by atoms with Gasteiger partial charge in [-0.1, -0.05) is 22.9 Å². The lowest BCUT2D eigenvalue weighted by molar-refractivity contribution is -0.117. The molecule has 1 aliphatic carbocycles. The Morgan fingerprint density at radius 3 is 2.50 bits per heavy atom. The maximum absolute atomic E-state index is 11.5. The number of amides is 1. The van der Waals surface area contributed by atoms with Gasteiger partial charge in [-0.25, -0.2) is 0 Å². The van der Waals surface area contributed by atoms with Crippen LogP contribution in [0.2, 0.25) is 0 Å². The largest absolute Gasteiger partial charge is 0.326 e. The zero-order valence-electron chi connectivity index (χ0n) is 7.96. The predicted molar refractivity (Wildman–Crippen MR) is 60.0 cm³/mol. The highest BCUT2D eigenvalue weighted by molar-refractivity contribution is 9.10. The molecule has 0 aromatic heterocycles. The molecule has 14 heavy (non-hydrogen) atoms. The van der Waals surface area contributed by atoms with Crippen molar-refractivity contribution in [3.8, 4) is 0 Å². The Morgan fingerprint density at radius 2 is 2.00 bits per heavy atom. The Labute approximate surface area is 91.8 Å². The summed E-state index contributed by atoms with van der Waals surface area (Å²) in [4.78, 5) is 11.5. The van der Waals surface area contributed by atoms with Gasteiger partial charge >= 0.3 is 0 Å². The fourth-order valence-corrected chi connectivity index (χ4v) is 1.72. The monoisotopic (exact) mass is 253 g/mol. The van der Waals surface area contributed by atoms with E-state index in [4.69, 9.17) is 0 Å². The Balaban J connectivity index is 1.97. The highest BCUT2D eigenvalue weighted by Gasteiger charge is 2.38. The second kappa shape index (κ2) is 3.73. The topological polar surface area (TPSA) is 29.1 Å². The predicted octanol–water partition coefficient (Wildman–Crippen LogP) is 3.04. The third-order valence-corrected chi connectivity index (χ3v) is 3.09. The summed E-state index contributed by atoms with van der Waals surface area (Å²) in [6.07, 6.45) is 1.03. The minimum absolute atomic E-state index is 0.153. The van der Waals surface area contributed by atoms with Gasteiger partial charge in [-0.3, -0.25) is 4.79 Å². The lowest BCUT2D eigenvalue weighted by Crippen LogP contribution is -2.14. The van der Waals surface area contributed by atoms with Crippen molar-refractivity contribution in [2.45, 2.75) is 13.3 Å². The van der Waals surface area contributed by atoms with E-state index >= 15 is 0 Å². The Bertz CT molecular complexity index is 347. The lowest BCUT2D eigenvalue weighted by Gasteiger charge is -2.03. The maximum Gasteiger partial charge on any atom is 0.227 e. The Kier molecular flexibility index (Phi) is 2.59. The fraction of sp³-hybridized carbons (Fsp3) is 0.364. The molecule has 0 heterocycles. The summed E-state index contributed by atoms with van der Waals surface area (Å²) in [5, 5.41) is 2.90. The third kappa shape index (κ3) is 2.15. The summed E-state index contributed by atoms with van der Waals surface area (Å²) in [5.41, 5.74) is 0.873. The summed E-state index contributed by atoms with van der Waals surface area (Å²) in [6.45, 7) is 2.10. The van der Waals surface area contributed by atoms with Gasteiger partial charge in [-0.05, 0) is 36.6 Å². The van der Waals surface area contributed by atoms with E-state index in [-0.39, 0.29) is 11.8 Å². The number of carbonyl (C=O) groups excluding carboxylic acids is 1. The first-order valence-electron chi connectivity index (χ1n) is 4.73. The number of nitrogens with one attached hydrogen (secondary N) is 1. The quantitative estimate of drug-likeness (QED) is 0.863. The molecule has 0 unspecified atom stereocenters. The number of anilines is 1. The van der Waals surface area contributed by atoms with Crippen molar-refractivity contribution >= 4 is 27.5 Å². The van der Waals surface area contributed by atoms with Gasteiger partial charge in [0.2, 0.25) is 5.91 Å². The molecule has 3 heteroatoms. The molecule has 1 aromatic carbocycles. The van der Waals surface area contributed by atoms with Crippen LogP contribution in [-0.4, -0.2) is 5.91 Å². The lowest BCUT2D eigenvalue weighted by atomic mass is 10.3. The zero-order chi connectivity index (χ0) is 10.1. The van der Waals surface area contributed by atoms with Crippen molar-refractivity contribution in [2.24, 2.45) is 11.8 Å². The minimum atomic E-state index is 0.153. The van der Waals surface area contributed by atoms with Gasteiger partial charge in [0.15, 0.2) is 0 Å². The molecule has 1 aromatic rings. The Hall–Kier alpha value is -0.830. The van der Waals surface area contributed by atoms with E-state index in [0.29, 0.717) is 5.92 Å². The molecule has 74 valence electrons. The Morgan fingerprint density at radius 1 is 1.43 bits per heavy atom. The van der Waals surface area contributed by atoms with Crippen molar-refractivity contribution in [3.63, 3.8) is 0 Å². The molecule has 2 nitrogen and oxygen atoms in total. The molecule has 1 N–H and O–H groups in total. The van der Waals surface area contributed by atoms with E-state index in [9.17, 15) is 4.79 Å². The van der Waals surface area contributed by atoms with Gasteiger partial charge in [-0.15, -0.1) is 0 Å². The van der Waals surface area contributed by atoms with Crippen LogP contribution < -0.4 is 5.32 Å². The maximum atomic E-state index is 11.5. The summed E-state index contributed by atoms with van der Waals surface area (Å²) < 4.78 is 1.02. The fourth-order valence-electron chi connectivity index (χ4n) is 1.46. The van der Waals surface area contributed by atoms with E-state index in [1.165, 1.54) is 0 Å². The van der Waals surface area contributed by atoms with E-state index < -0.39 is 0 Å². The van der Waals surface area contributed by atoms with Crippen LogP contribution in [0.15, 0.2) is 28.7 Å². The second-order valence-corrected chi connectivity index (χ2v) is 4.73. The van der Waals surface area contributed by atoms with Gasteiger partial charge in [0, 0.05) is 16.1 Å². The van der Waals surface area contributed by atoms with Crippen LogP contribution >= 0.6 is 15.9 Å².